The Balaban J connectivity index is 4.63. The Hall–Kier alpha value is -0.570. The lowest BCUT2D eigenvalue weighted by atomic mass is 9.79. The Labute approximate surface area is 81.0 Å². The van der Waals surface area contributed by atoms with Gasteiger partial charge in [-0.1, -0.05) is 20.8 Å². The fourth-order valence-electron chi connectivity index (χ4n) is 1.62. The molecule has 3 nitrogen and oxygen atoms in total. The highest BCUT2D eigenvalue weighted by Crippen LogP contribution is 2.32. The van der Waals surface area contributed by atoms with E-state index in [1.54, 1.807) is 7.05 Å². The molecule has 0 N–H and O–H groups in total. The van der Waals surface area contributed by atoms with Gasteiger partial charge in [-0.05, 0) is 19.3 Å². The van der Waals surface area contributed by atoms with Crippen LogP contribution in [0.1, 0.15) is 40.0 Å². The maximum absolute atomic E-state index is 11.9. The van der Waals surface area contributed by atoms with Gasteiger partial charge in [0, 0.05) is 7.05 Å². The van der Waals surface area contributed by atoms with Gasteiger partial charge in [0.05, 0.1) is 12.5 Å². The van der Waals surface area contributed by atoms with Crippen LogP contribution in [0.3, 0.4) is 0 Å². The van der Waals surface area contributed by atoms with Crippen LogP contribution in [0, 0.1) is 5.41 Å². The molecule has 0 bridgehead atoms. The molecular weight excluding hydrogens is 166 g/mol. The molecule has 0 aliphatic heterocycles. The number of amides is 1. The Morgan fingerprint density at radius 1 is 1.23 bits per heavy atom. The maximum atomic E-state index is 11.9. The lowest BCUT2D eigenvalue weighted by Gasteiger charge is -2.32. The van der Waals surface area contributed by atoms with Crippen molar-refractivity contribution in [1.82, 2.24) is 5.06 Å². The van der Waals surface area contributed by atoms with Crippen LogP contribution in [-0.4, -0.2) is 25.1 Å². The Morgan fingerprint density at radius 3 is 1.85 bits per heavy atom. The van der Waals surface area contributed by atoms with Crippen LogP contribution < -0.4 is 0 Å². The summed E-state index contributed by atoms with van der Waals surface area (Å²) in [6.45, 7) is 6.15. The quantitative estimate of drug-likeness (QED) is 0.618. The lowest BCUT2D eigenvalue weighted by molar-refractivity contribution is -0.181. The molecule has 13 heavy (non-hydrogen) atoms. The first-order chi connectivity index (χ1) is 6.07. The van der Waals surface area contributed by atoms with Gasteiger partial charge >= 0.3 is 0 Å². The van der Waals surface area contributed by atoms with E-state index in [4.69, 9.17) is 4.84 Å². The second-order valence-corrected chi connectivity index (χ2v) is 3.33. The number of nitrogens with zero attached hydrogens (tertiary/aromatic N) is 1. The van der Waals surface area contributed by atoms with Crippen molar-refractivity contribution in [1.29, 1.82) is 0 Å². The number of hydroxylamine groups is 2. The maximum Gasteiger partial charge on any atom is 0.252 e. The third-order valence-electron chi connectivity index (χ3n) is 3.04. The molecule has 0 aliphatic carbocycles. The number of hydrogen-bond acceptors (Lipinski definition) is 2. The number of rotatable bonds is 5. The average molecular weight is 187 g/mol. The van der Waals surface area contributed by atoms with Crippen LogP contribution in [0.15, 0.2) is 0 Å². The van der Waals surface area contributed by atoms with Crippen molar-refractivity contribution in [2.24, 2.45) is 5.41 Å². The summed E-state index contributed by atoms with van der Waals surface area (Å²) in [7, 11) is 3.18. The summed E-state index contributed by atoms with van der Waals surface area (Å²) >= 11 is 0. The molecule has 0 radical (unpaired) electrons. The van der Waals surface area contributed by atoms with Crippen LogP contribution in [0.25, 0.3) is 0 Å². The number of carbonyl (C=O) groups is 1. The van der Waals surface area contributed by atoms with Gasteiger partial charge < -0.3 is 0 Å². The zero-order valence-corrected chi connectivity index (χ0v) is 9.39. The molecule has 0 heterocycles. The molecule has 0 aromatic carbocycles. The monoisotopic (exact) mass is 187 g/mol. The molecule has 3 heteroatoms. The molecule has 0 saturated heterocycles. The van der Waals surface area contributed by atoms with Gasteiger partial charge in [-0.25, -0.2) is 5.06 Å². The summed E-state index contributed by atoms with van der Waals surface area (Å²) in [5, 5.41) is 1.33. The first kappa shape index (κ1) is 12.4. The van der Waals surface area contributed by atoms with E-state index < -0.39 is 0 Å². The van der Waals surface area contributed by atoms with E-state index in [1.165, 1.54) is 12.2 Å². The van der Waals surface area contributed by atoms with Gasteiger partial charge in [-0.2, -0.15) is 0 Å². The highest BCUT2D eigenvalue weighted by atomic mass is 16.7. The van der Waals surface area contributed by atoms with E-state index >= 15 is 0 Å². The summed E-state index contributed by atoms with van der Waals surface area (Å²) in [6.07, 6.45) is 2.60. The molecule has 0 atom stereocenters. The van der Waals surface area contributed by atoms with E-state index in [0.717, 1.165) is 19.3 Å². The third kappa shape index (κ3) is 2.44. The van der Waals surface area contributed by atoms with Crippen molar-refractivity contribution < 1.29 is 9.63 Å². The molecule has 1 amide bonds. The van der Waals surface area contributed by atoms with Crippen LogP contribution in [0.5, 0.6) is 0 Å². The second kappa shape index (κ2) is 5.22. The van der Waals surface area contributed by atoms with Gasteiger partial charge in [0.1, 0.15) is 0 Å². The van der Waals surface area contributed by atoms with Crippen molar-refractivity contribution in [3.63, 3.8) is 0 Å². The van der Waals surface area contributed by atoms with Crippen molar-refractivity contribution in [3.05, 3.63) is 0 Å². The zero-order valence-electron chi connectivity index (χ0n) is 9.39. The summed E-state index contributed by atoms with van der Waals surface area (Å²) < 4.78 is 0. The molecule has 0 rings (SSSR count). The van der Waals surface area contributed by atoms with E-state index in [1.807, 2.05) is 0 Å². The van der Waals surface area contributed by atoms with E-state index in [9.17, 15) is 4.79 Å². The van der Waals surface area contributed by atoms with E-state index in [2.05, 4.69) is 20.8 Å². The molecule has 0 unspecified atom stereocenters. The molecule has 78 valence electrons. The number of hydrogen-bond donors (Lipinski definition) is 0. The summed E-state index contributed by atoms with van der Waals surface area (Å²) in [6, 6.07) is 0. The molecule has 0 saturated carbocycles. The fourth-order valence-corrected chi connectivity index (χ4v) is 1.62. The lowest BCUT2D eigenvalue weighted by Crippen LogP contribution is -2.40. The topological polar surface area (TPSA) is 29.5 Å². The minimum atomic E-state index is -0.231. The van der Waals surface area contributed by atoms with Crippen molar-refractivity contribution in [2.75, 3.05) is 14.2 Å². The smallest absolute Gasteiger partial charge is 0.252 e. The molecule has 0 spiro atoms. The second-order valence-electron chi connectivity index (χ2n) is 3.33. The standard InChI is InChI=1S/C10H21NO2/c1-6-10(7-2,8-3)9(12)11(4)13-5/h6-8H2,1-5H3. The molecular formula is C10H21NO2. The first-order valence-corrected chi connectivity index (χ1v) is 4.90. The largest absolute Gasteiger partial charge is 0.275 e. The van der Waals surface area contributed by atoms with Gasteiger partial charge in [0.25, 0.3) is 5.91 Å². The summed E-state index contributed by atoms with van der Waals surface area (Å²) in [5.41, 5.74) is -0.231. The first-order valence-electron chi connectivity index (χ1n) is 4.90. The van der Waals surface area contributed by atoms with Gasteiger partial charge in [-0.3, -0.25) is 9.63 Å². The van der Waals surface area contributed by atoms with Crippen LogP contribution in [-0.2, 0) is 9.63 Å². The average Bonchev–Trinajstić information content (AvgIpc) is 2.20. The van der Waals surface area contributed by atoms with E-state index in [0.29, 0.717) is 0 Å². The summed E-state index contributed by atoms with van der Waals surface area (Å²) in [4.78, 5) is 16.8. The Kier molecular flexibility index (Phi) is 4.99. The van der Waals surface area contributed by atoms with Gasteiger partial charge in [-0.15, -0.1) is 0 Å². The predicted octanol–water partition coefficient (Wildman–Crippen LogP) is 2.22. The SMILES string of the molecule is CCC(CC)(CC)C(=O)N(C)OC. The van der Waals surface area contributed by atoms with E-state index in [-0.39, 0.29) is 11.3 Å². The van der Waals surface area contributed by atoms with Crippen molar-refractivity contribution in [2.45, 2.75) is 40.0 Å². The molecule has 0 aliphatic rings. The fraction of sp³-hybridized carbons (Fsp3) is 0.900. The highest BCUT2D eigenvalue weighted by molar-refractivity contribution is 5.81. The van der Waals surface area contributed by atoms with Crippen LogP contribution in [0.4, 0.5) is 0 Å². The normalized spacial score (nSPS) is 11.5. The molecule has 0 fully saturated rings. The van der Waals surface area contributed by atoms with Gasteiger partial charge in [0.15, 0.2) is 0 Å². The minimum absolute atomic E-state index is 0.0856. The third-order valence-corrected chi connectivity index (χ3v) is 3.04. The van der Waals surface area contributed by atoms with Crippen molar-refractivity contribution in [3.8, 4) is 0 Å². The number of carbonyl (C=O) groups excluding carboxylic acids is 1. The van der Waals surface area contributed by atoms with Crippen molar-refractivity contribution >= 4 is 5.91 Å². The molecule has 0 aromatic rings. The Bertz CT molecular complexity index is 156. The predicted molar refractivity (Wildman–Crippen MR) is 53.1 cm³/mol. The highest BCUT2D eigenvalue weighted by Gasteiger charge is 2.35. The molecule has 0 aromatic heterocycles. The summed E-state index contributed by atoms with van der Waals surface area (Å²) in [5.74, 6) is 0.0856. The van der Waals surface area contributed by atoms with Crippen LogP contribution in [0.2, 0.25) is 0 Å². The minimum Gasteiger partial charge on any atom is -0.275 e. The van der Waals surface area contributed by atoms with Gasteiger partial charge in [0.2, 0.25) is 0 Å². The van der Waals surface area contributed by atoms with Crippen LogP contribution >= 0.6 is 0 Å². The zero-order chi connectivity index (χ0) is 10.5. The Morgan fingerprint density at radius 2 is 1.62 bits per heavy atom.